The molecule has 118 valence electrons. The number of furan rings is 1. The quantitative estimate of drug-likeness (QED) is 0.833. The van der Waals surface area contributed by atoms with Crippen molar-refractivity contribution in [2.24, 2.45) is 7.05 Å². The summed E-state index contributed by atoms with van der Waals surface area (Å²) in [5.74, 6) is 0.955. The number of esters is 1. The van der Waals surface area contributed by atoms with Crippen LogP contribution in [0.4, 0.5) is 0 Å². The summed E-state index contributed by atoms with van der Waals surface area (Å²) in [6.07, 6.45) is 2.29. The second-order valence-electron chi connectivity index (χ2n) is 5.42. The molecule has 0 saturated carbocycles. The Hall–Kier alpha value is -2.12. The predicted octanol–water partition coefficient (Wildman–Crippen LogP) is 0.605. The van der Waals surface area contributed by atoms with Crippen molar-refractivity contribution < 1.29 is 19.1 Å². The molecule has 0 spiro atoms. The molecule has 0 fully saturated rings. The SMILES string of the molecule is COC(=O)[C@@H]1Cc2ncn(C)c2CN1Cc1ccc(CO)o1. The summed E-state index contributed by atoms with van der Waals surface area (Å²) in [6.45, 7) is 0.942. The Morgan fingerprint density at radius 3 is 2.95 bits per heavy atom. The molecule has 7 nitrogen and oxygen atoms in total. The summed E-state index contributed by atoms with van der Waals surface area (Å²) in [4.78, 5) is 18.4. The van der Waals surface area contributed by atoms with E-state index in [9.17, 15) is 4.79 Å². The van der Waals surface area contributed by atoms with Crippen LogP contribution in [0.5, 0.6) is 0 Å². The minimum absolute atomic E-state index is 0.133. The summed E-state index contributed by atoms with van der Waals surface area (Å²) >= 11 is 0. The number of aryl methyl sites for hydroxylation is 1. The number of aliphatic hydroxyl groups excluding tert-OH is 1. The molecule has 0 bridgehead atoms. The van der Waals surface area contributed by atoms with Gasteiger partial charge in [0.1, 0.15) is 24.2 Å². The van der Waals surface area contributed by atoms with Gasteiger partial charge in [-0.3, -0.25) is 9.69 Å². The highest BCUT2D eigenvalue weighted by molar-refractivity contribution is 5.76. The lowest BCUT2D eigenvalue weighted by atomic mass is 10.0. The zero-order valence-corrected chi connectivity index (χ0v) is 12.7. The van der Waals surface area contributed by atoms with Crippen molar-refractivity contribution in [1.29, 1.82) is 0 Å². The third-order valence-corrected chi connectivity index (χ3v) is 4.03. The first-order chi connectivity index (χ1) is 10.6. The van der Waals surface area contributed by atoms with Crippen LogP contribution in [0.3, 0.4) is 0 Å². The zero-order valence-electron chi connectivity index (χ0n) is 12.7. The van der Waals surface area contributed by atoms with Crippen LogP contribution in [0, 0.1) is 0 Å². The van der Waals surface area contributed by atoms with Gasteiger partial charge in [0, 0.05) is 20.0 Å². The Balaban J connectivity index is 1.85. The number of hydrogen-bond donors (Lipinski definition) is 1. The fraction of sp³-hybridized carbons (Fsp3) is 0.467. The largest absolute Gasteiger partial charge is 0.468 e. The highest BCUT2D eigenvalue weighted by Crippen LogP contribution is 2.25. The molecule has 22 heavy (non-hydrogen) atoms. The van der Waals surface area contributed by atoms with Crippen LogP contribution in [0.2, 0.25) is 0 Å². The predicted molar refractivity (Wildman–Crippen MR) is 76.6 cm³/mol. The van der Waals surface area contributed by atoms with E-state index in [0.29, 0.717) is 31.0 Å². The lowest BCUT2D eigenvalue weighted by Gasteiger charge is -2.32. The van der Waals surface area contributed by atoms with E-state index in [0.717, 1.165) is 11.4 Å². The van der Waals surface area contributed by atoms with E-state index in [1.54, 1.807) is 12.4 Å². The molecule has 0 aliphatic carbocycles. The average molecular weight is 305 g/mol. The molecule has 3 rings (SSSR count). The maximum absolute atomic E-state index is 12.1. The third kappa shape index (κ3) is 2.65. The fourth-order valence-corrected chi connectivity index (χ4v) is 2.82. The van der Waals surface area contributed by atoms with Gasteiger partial charge in [0.05, 0.1) is 31.4 Å². The number of aliphatic hydroxyl groups is 1. The molecular formula is C15H19N3O4. The first kappa shape index (κ1) is 14.8. The van der Waals surface area contributed by atoms with Crippen LogP contribution in [-0.4, -0.2) is 38.7 Å². The second-order valence-corrected chi connectivity index (χ2v) is 5.42. The molecule has 0 saturated heterocycles. The molecular weight excluding hydrogens is 286 g/mol. The van der Waals surface area contributed by atoms with Crippen LogP contribution in [0.1, 0.15) is 22.9 Å². The van der Waals surface area contributed by atoms with E-state index in [2.05, 4.69) is 4.98 Å². The highest BCUT2D eigenvalue weighted by atomic mass is 16.5. The van der Waals surface area contributed by atoms with Crippen molar-refractivity contribution in [1.82, 2.24) is 14.5 Å². The number of fused-ring (bicyclic) bond motifs is 1. The third-order valence-electron chi connectivity index (χ3n) is 4.03. The normalized spacial score (nSPS) is 18.2. The first-order valence-electron chi connectivity index (χ1n) is 7.11. The minimum atomic E-state index is -0.380. The Bertz CT molecular complexity index is 676. The van der Waals surface area contributed by atoms with Crippen LogP contribution < -0.4 is 0 Å². The van der Waals surface area contributed by atoms with Crippen molar-refractivity contribution in [2.45, 2.75) is 32.2 Å². The molecule has 2 aromatic rings. The van der Waals surface area contributed by atoms with E-state index in [1.807, 2.05) is 22.6 Å². The highest BCUT2D eigenvalue weighted by Gasteiger charge is 2.34. The van der Waals surface area contributed by atoms with Crippen molar-refractivity contribution in [3.05, 3.63) is 41.4 Å². The van der Waals surface area contributed by atoms with E-state index >= 15 is 0 Å². The molecule has 0 amide bonds. The van der Waals surface area contributed by atoms with E-state index in [4.69, 9.17) is 14.3 Å². The van der Waals surface area contributed by atoms with E-state index < -0.39 is 0 Å². The van der Waals surface area contributed by atoms with Gasteiger partial charge in [-0.05, 0) is 12.1 Å². The van der Waals surface area contributed by atoms with Gasteiger partial charge < -0.3 is 18.8 Å². The Labute approximate surface area is 128 Å². The monoisotopic (exact) mass is 305 g/mol. The number of methoxy groups -OCH3 is 1. The van der Waals surface area contributed by atoms with Crippen molar-refractivity contribution in [3.63, 3.8) is 0 Å². The maximum Gasteiger partial charge on any atom is 0.323 e. The van der Waals surface area contributed by atoms with Crippen molar-refractivity contribution in [3.8, 4) is 0 Å². The molecule has 3 heterocycles. The molecule has 1 N–H and O–H groups in total. The summed E-state index contributed by atoms with van der Waals surface area (Å²) < 4.78 is 12.4. The van der Waals surface area contributed by atoms with Crippen LogP contribution in [-0.2, 0) is 42.7 Å². The topological polar surface area (TPSA) is 80.7 Å². The summed E-state index contributed by atoms with van der Waals surface area (Å²) in [6, 6.07) is 3.18. The smallest absolute Gasteiger partial charge is 0.323 e. The van der Waals surface area contributed by atoms with Crippen LogP contribution in [0.25, 0.3) is 0 Å². The maximum atomic E-state index is 12.1. The number of nitrogens with zero attached hydrogens (tertiary/aromatic N) is 3. The molecule has 2 aromatic heterocycles. The van der Waals surface area contributed by atoms with Gasteiger partial charge in [0.25, 0.3) is 0 Å². The number of carbonyl (C=O) groups excluding carboxylic acids is 1. The van der Waals surface area contributed by atoms with Crippen LogP contribution in [0.15, 0.2) is 22.9 Å². The Morgan fingerprint density at radius 2 is 2.27 bits per heavy atom. The van der Waals surface area contributed by atoms with Gasteiger partial charge in [-0.2, -0.15) is 0 Å². The number of rotatable bonds is 4. The number of ether oxygens (including phenoxy) is 1. The van der Waals surface area contributed by atoms with E-state index in [-0.39, 0.29) is 18.6 Å². The van der Waals surface area contributed by atoms with Crippen molar-refractivity contribution >= 4 is 5.97 Å². The van der Waals surface area contributed by atoms with Gasteiger partial charge in [0.15, 0.2) is 0 Å². The molecule has 0 unspecified atom stereocenters. The van der Waals surface area contributed by atoms with E-state index in [1.165, 1.54) is 7.11 Å². The number of hydrogen-bond acceptors (Lipinski definition) is 6. The number of imidazole rings is 1. The average Bonchev–Trinajstić information content (AvgIpc) is 3.13. The molecule has 0 aromatic carbocycles. The molecule has 1 atom stereocenters. The van der Waals surface area contributed by atoms with Gasteiger partial charge >= 0.3 is 5.97 Å². The Morgan fingerprint density at radius 1 is 1.50 bits per heavy atom. The Kier molecular flexibility index (Phi) is 4.00. The van der Waals surface area contributed by atoms with Gasteiger partial charge in [0.2, 0.25) is 0 Å². The summed E-state index contributed by atoms with van der Waals surface area (Å²) in [7, 11) is 3.34. The number of carbonyl (C=O) groups is 1. The number of aromatic nitrogens is 2. The summed E-state index contributed by atoms with van der Waals surface area (Å²) in [5, 5.41) is 9.08. The lowest BCUT2D eigenvalue weighted by Crippen LogP contribution is -2.46. The van der Waals surface area contributed by atoms with Gasteiger partial charge in [-0.25, -0.2) is 4.98 Å². The van der Waals surface area contributed by atoms with Gasteiger partial charge in [-0.15, -0.1) is 0 Å². The second kappa shape index (κ2) is 5.94. The standard InChI is InChI=1S/C15H19N3O4/c1-17-9-16-12-5-13(15(20)21-2)18(7-14(12)17)6-10-3-4-11(8-19)22-10/h3-4,9,13,19H,5-8H2,1-2H3/t13-/m0/s1. The summed E-state index contributed by atoms with van der Waals surface area (Å²) in [5.41, 5.74) is 2.03. The minimum Gasteiger partial charge on any atom is -0.468 e. The lowest BCUT2D eigenvalue weighted by molar-refractivity contribution is -0.148. The fourth-order valence-electron chi connectivity index (χ4n) is 2.82. The molecule has 0 radical (unpaired) electrons. The first-order valence-corrected chi connectivity index (χ1v) is 7.11. The molecule has 7 heteroatoms. The zero-order chi connectivity index (χ0) is 15.7. The van der Waals surface area contributed by atoms with Crippen molar-refractivity contribution in [2.75, 3.05) is 7.11 Å². The molecule has 1 aliphatic heterocycles. The van der Waals surface area contributed by atoms with Crippen LogP contribution >= 0.6 is 0 Å². The molecule has 1 aliphatic rings. The van der Waals surface area contributed by atoms with Gasteiger partial charge in [-0.1, -0.05) is 0 Å².